The average Bonchev–Trinajstić information content (AvgIpc) is 2.58. The minimum Gasteiger partial charge on any atom is -0.497 e. The Balaban J connectivity index is 2.02. The Bertz CT molecular complexity index is 587. The molecule has 2 N–H and O–H groups in total. The Labute approximate surface area is 138 Å². The van der Waals surface area contributed by atoms with Crippen molar-refractivity contribution >= 4 is 0 Å². The zero-order valence-electron chi connectivity index (χ0n) is 14.1. The lowest BCUT2D eigenvalue weighted by Gasteiger charge is -2.22. The van der Waals surface area contributed by atoms with E-state index in [2.05, 4.69) is 24.1 Å². The van der Waals surface area contributed by atoms with Gasteiger partial charge in [0.2, 0.25) is 0 Å². The van der Waals surface area contributed by atoms with Gasteiger partial charge in [0.1, 0.15) is 5.75 Å². The van der Waals surface area contributed by atoms with Crippen LogP contribution in [-0.4, -0.2) is 23.7 Å². The molecule has 0 bridgehead atoms. The van der Waals surface area contributed by atoms with Gasteiger partial charge in [-0.1, -0.05) is 32.0 Å². The molecule has 23 heavy (non-hydrogen) atoms. The number of aliphatic hydroxyl groups is 1. The number of hydrogen-bond acceptors (Lipinski definition) is 4. The highest BCUT2D eigenvalue weighted by Gasteiger charge is 2.16. The molecule has 4 heteroatoms. The third-order valence-electron chi connectivity index (χ3n) is 3.79. The van der Waals surface area contributed by atoms with Crippen molar-refractivity contribution in [3.05, 3.63) is 59.9 Å². The van der Waals surface area contributed by atoms with Crippen LogP contribution in [0.25, 0.3) is 0 Å². The molecule has 2 rings (SSSR count). The maximum atomic E-state index is 10.4. The molecule has 0 aliphatic heterocycles. The van der Waals surface area contributed by atoms with Gasteiger partial charge in [0, 0.05) is 18.8 Å². The number of methoxy groups -OCH3 is 1. The molecule has 2 atom stereocenters. The lowest BCUT2D eigenvalue weighted by molar-refractivity contribution is 0.167. The smallest absolute Gasteiger partial charge is 0.119 e. The number of benzene rings is 1. The minimum absolute atomic E-state index is 0.136. The van der Waals surface area contributed by atoms with Crippen molar-refractivity contribution in [1.29, 1.82) is 0 Å². The van der Waals surface area contributed by atoms with Gasteiger partial charge in [-0.15, -0.1) is 0 Å². The number of rotatable bonds is 8. The highest BCUT2D eigenvalue weighted by molar-refractivity contribution is 5.30. The van der Waals surface area contributed by atoms with Gasteiger partial charge in [0.05, 0.1) is 18.9 Å². The third kappa shape index (κ3) is 5.34. The molecule has 1 aromatic heterocycles. The number of hydrogen-bond donors (Lipinski definition) is 2. The van der Waals surface area contributed by atoms with E-state index in [-0.39, 0.29) is 6.04 Å². The quantitative estimate of drug-likeness (QED) is 0.783. The molecule has 0 radical (unpaired) electrons. The summed E-state index contributed by atoms with van der Waals surface area (Å²) < 4.78 is 5.21. The molecular weight excluding hydrogens is 288 g/mol. The van der Waals surface area contributed by atoms with Crippen molar-refractivity contribution in [3.8, 4) is 5.75 Å². The highest BCUT2D eigenvalue weighted by atomic mass is 16.5. The van der Waals surface area contributed by atoms with Crippen LogP contribution in [0.3, 0.4) is 0 Å². The molecular formula is C19H26N2O2. The normalized spacial score (nSPS) is 13.8. The van der Waals surface area contributed by atoms with Crippen LogP contribution in [0, 0.1) is 5.92 Å². The van der Waals surface area contributed by atoms with Crippen molar-refractivity contribution in [3.63, 3.8) is 0 Å². The summed E-state index contributed by atoms with van der Waals surface area (Å²) in [6.07, 6.45) is 2.20. The van der Waals surface area contributed by atoms with Gasteiger partial charge in [-0.3, -0.25) is 4.98 Å². The summed E-state index contributed by atoms with van der Waals surface area (Å²) in [4.78, 5) is 4.45. The van der Waals surface area contributed by atoms with Crippen molar-refractivity contribution in [2.75, 3.05) is 13.7 Å². The first-order valence-electron chi connectivity index (χ1n) is 8.06. The molecule has 0 saturated carbocycles. The second kappa shape index (κ2) is 8.65. The van der Waals surface area contributed by atoms with Gasteiger partial charge in [-0.05, 0) is 42.2 Å². The molecule has 2 unspecified atom stereocenters. The van der Waals surface area contributed by atoms with Crippen LogP contribution >= 0.6 is 0 Å². The number of ether oxygens (including phenoxy) is 1. The second-order valence-electron chi connectivity index (χ2n) is 6.14. The predicted octanol–water partition coefficient (Wildman–Crippen LogP) is 3.50. The first kappa shape index (κ1) is 17.4. The lowest BCUT2D eigenvalue weighted by atomic mass is 10.00. The first-order chi connectivity index (χ1) is 11.1. The number of aliphatic hydroxyl groups excluding tert-OH is 1. The van der Waals surface area contributed by atoms with Crippen LogP contribution < -0.4 is 10.1 Å². The largest absolute Gasteiger partial charge is 0.497 e. The van der Waals surface area contributed by atoms with E-state index >= 15 is 0 Å². The Morgan fingerprint density at radius 1 is 1.17 bits per heavy atom. The van der Waals surface area contributed by atoms with Crippen molar-refractivity contribution in [1.82, 2.24) is 10.3 Å². The molecule has 0 aliphatic carbocycles. The molecule has 0 amide bonds. The molecule has 1 aromatic carbocycles. The van der Waals surface area contributed by atoms with Gasteiger partial charge in [-0.25, -0.2) is 0 Å². The summed E-state index contributed by atoms with van der Waals surface area (Å²) in [6.45, 7) is 4.85. The molecule has 0 aliphatic rings. The minimum atomic E-state index is -0.580. The monoisotopic (exact) mass is 314 g/mol. The van der Waals surface area contributed by atoms with E-state index in [1.165, 1.54) is 0 Å². The summed E-state index contributed by atoms with van der Waals surface area (Å²) in [5, 5.41) is 13.9. The lowest BCUT2D eigenvalue weighted by Crippen LogP contribution is -2.28. The van der Waals surface area contributed by atoms with Crippen LogP contribution in [0.4, 0.5) is 0 Å². The summed E-state index contributed by atoms with van der Waals surface area (Å²) in [6, 6.07) is 13.6. The third-order valence-corrected chi connectivity index (χ3v) is 3.79. The Morgan fingerprint density at radius 3 is 2.65 bits per heavy atom. The fraction of sp³-hybridized carbons (Fsp3) is 0.421. The van der Waals surface area contributed by atoms with E-state index < -0.39 is 6.10 Å². The summed E-state index contributed by atoms with van der Waals surface area (Å²) in [5.74, 6) is 1.30. The van der Waals surface area contributed by atoms with Crippen molar-refractivity contribution in [2.24, 2.45) is 5.92 Å². The fourth-order valence-corrected chi connectivity index (χ4v) is 2.58. The zero-order chi connectivity index (χ0) is 16.7. The molecule has 1 heterocycles. The van der Waals surface area contributed by atoms with Gasteiger partial charge < -0.3 is 15.2 Å². The van der Waals surface area contributed by atoms with Crippen molar-refractivity contribution in [2.45, 2.75) is 32.4 Å². The van der Waals surface area contributed by atoms with Crippen LogP contribution in [-0.2, 0) is 0 Å². The van der Waals surface area contributed by atoms with Crippen LogP contribution in [0.15, 0.2) is 48.7 Å². The molecule has 2 aromatic rings. The van der Waals surface area contributed by atoms with Crippen LogP contribution in [0.1, 0.15) is 43.7 Å². The molecule has 0 fully saturated rings. The van der Waals surface area contributed by atoms with E-state index in [4.69, 9.17) is 4.74 Å². The van der Waals surface area contributed by atoms with Crippen molar-refractivity contribution < 1.29 is 9.84 Å². The standard InChI is InChI=1S/C19H26N2O2/c1-14(2)11-18(17-9-4-5-10-20-17)21-13-19(22)15-7-6-8-16(12-15)23-3/h4-10,12,14,18-19,21-22H,11,13H2,1-3H3. The SMILES string of the molecule is COc1cccc(C(O)CNC(CC(C)C)c2ccccn2)c1. The van der Waals surface area contributed by atoms with Gasteiger partial charge in [0.15, 0.2) is 0 Å². The number of pyridine rings is 1. The molecule has 0 spiro atoms. The predicted molar refractivity (Wildman–Crippen MR) is 92.4 cm³/mol. The van der Waals surface area contributed by atoms with E-state index in [1.807, 2.05) is 48.7 Å². The second-order valence-corrected chi connectivity index (χ2v) is 6.14. The Morgan fingerprint density at radius 2 is 2.00 bits per heavy atom. The topological polar surface area (TPSA) is 54.4 Å². The van der Waals surface area contributed by atoms with E-state index in [0.29, 0.717) is 12.5 Å². The highest BCUT2D eigenvalue weighted by Crippen LogP contribution is 2.22. The average molecular weight is 314 g/mol. The fourth-order valence-electron chi connectivity index (χ4n) is 2.58. The number of nitrogens with one attached hydrogen (secondary N) is 1. The first-order valence-corrected chi connectivity index (χ1v) is 8.06. The molecule has 4 nitrogen and oxygen atoms in total. The Kier molecular flexibility index (Phi) is 6.56. The van der Waals surface area contributed by atoms with Gasteiger partial charge >= 0.3 is 0 Å². The Hall–Kier alpha value is -1.91. The summed E-state index contributed by atoms with van der Waals surface area (Å²) in [7, 11) is 1.63. The summed E-state index contributed by atoms with van der Waals surface area (Å²) in [5.41, 5.74) is 1.86. The number of aromatic nitrogens is 1. The van der Waals surface area contributed by atoms with Crippen LogP contribution in [0.2, 0.25) is 0 Å². The van der Waals surface area contributed by atoms with E-state index in [9.17, 15) is 5.11 Å². The molecule has 0 saturated heterocycles. The summed E-state index contributed by atoms with van der Waals surface area (Å²) >= 11 is 0. The van der Waals surface area contributed by atoms with E-state index in [0.717, 1.165) is 23.4 Å². The zero-order valence-corrected chi connectivity index (χ0v) is 14.1. The molecule has 124 valence electrons. The number of nitrogens with zero attached hydrogens (tertiary/aromatic N) is 1. The maximum absolute atomic E-state index is 10.4. The maximum Gasteiger partial charge on any atom is 0.119 e. The van der Waals surface area contributed by atoms with E-state index in [1.54, 1.807) is 7.11 Å². The van der Waals surface area contributed by atoms with Gasteiger partial charge in [0.25, 0.3) is 0 Å². The van der Waals surface area contributed by atoms with Crippen LogP contribution in [0.5, 0.6) is 5.75 Å². The van der Waals surface area contributed by atoms with Gasteiger partial charge in [-0.2, -0.15) is 0 Å².